The Kier molecular flexibility index (Phi) is 8.35. The second-order valence-corrected chi connectivity index (χ2v) is 13.7. The van der Waals surface area contributed by atoms with Crippen LogP contribution in [0.2, 0.25) is 5.02 Å². The molecule has 3 heterocycles. The van der Waals surface area contributed by atoms with Gasteiger partial charge in [-0.3, -0.25) is 0 Å². The zero-order valence-corrected chi connectivity index (χ0v) is 25.3. The Morgan fingerprint density at radius 2 is 1.76 bits per heavy atom. The molecule has 0 radical (unpaired) electrons. The second-order valence-electron chi connectivity index (χ2n) is 11.1. The number of carboxylic acids is 1. The number of ether oxygens (including phenoxy) is 1. The molecule has 1 aliphatic heterocycles. The smallest absolute Gasteiger partial charge is 0.434 e. The number of carboxylic acid groups (broad SMARTS) is 1. The van der Waals surface area contributed by atoms with Gasteiger partial charge in [0.1, 0.15) is 17.9 Å². The van der Waals surface area contributed by atoms with Gasteiger partial charge in [-0.05, 0) is 67.5 Å². The maximum absolute atomic E-state index is 13.8. The molecule has 2 aromatic carbocycles. The van der Waals surface area contributed by atoms with Crippen molar-refractivity contribution < 1.29 is 36.2 Å². The third-order valence-electron chi connectivity index (χ3n) is 8.07. The van der Waals surface area contributed by atoms with E-state index in [0.29, 0.717) is 46.0 Å². The van der Waals surface area contributed by atoms with Crippen molar-refractivity contribution in [2.45, 2.75) is 49.6 Å². The van der Waals surface area contributed by atoms with Crippen molar-refractivity contribution in [2.75, 3.05) is 13.1 Å². The predicted octanol–water partition coefficient (Wildman–Crippen LogP) is 6.56. The Hall–Kier alpha value is -3.94. The molecule has 1 saturated carbocycles. The molecule has 45 heavy (non-hydrogen) atoms. The molecule has 6 rings (SSSR count). The average Bonchev–Trinajstić information content (AvgIpc) is 3.78. The highest BCUT2D eigenvalue weighted by Gasteiger charge is 2.42. The lowest BCUT2D eigenvalue weighted by molar-refractivity contribution is -0.143. The monoisotopic (exact) mass is 660 g/mol. The molecular formula is C31H28ClF3N4O5S. The van der Waals surface area contributed by atoms with E-state index in [1.54, 1.807) is 34.6 Å². The Balaban J connectivity index is 1.18. The summed E-state index contributed by atoms with van der Waals surface area (Å²) in [6.07, 6.45) is -1.40. The molecule has 1 saturated heterocycles. The van der Waals surface area contributed by atoms with Gasteiger partial charge in [0.2, 0.25) is 10.0 Å². The fraction of sp³-hybridized carbons (Fsp3) is 0.323. The predicted molar refractivity (Wildman–Crippen MR) is 160 cm³/mol. The number of aromatic nitrogens is 3. The number of sulfonamides is 1. The zero-order chi connectivity index (χ0) is 31.9. The molecule has 1 N–H and O–H groups in total. The maximum atomic E-state index is 13.8. The minimum Gasteiger partial charge on any atom is -0.488 e. The van der Waals surface area contributed by atoms with Gasteiger partial charge in [-0.15, -0.1) is 0 Å². The first-order valence-corrected chi connectivity index (χ1v) is 16.2. The van der Waals surface area contributed by atoms with Crippen LogP contribution in [0, 0.1) is 0 Å². The summed E-state index contributed by atoms with van der Waals surface area (Å²) in [5, 5.41) is 13.2. The van der Waals surface area contributed by atoms with Crippen LogP contribution in [0.25, 0.3) is 17.1 Å². The molecule has 236 valence electrons. The van der Waals surface area contributed by atoms with Crippen molar-refractivity contribution in [3.05, 3.63) is 94.3 Å². The Labute approximate surface area is 262 Å². The van der Waals surface area contributed by atoms with Gasteiger partial charge in [-0.25, -0.2) is 27.2 Å². The number of hydrogen-bond donors (Lipinski definition) is 1. The van der Waals surface area contributed by atoms with E-state index in [9.17, 15) is 31.5 Å². The Morgan fingerprint density at radius 3 is 2.42 bits per heavy atom. The Morgan fingerprint density at radius 1 is 1.02 bits per heavy atom. The van der Waals surface area contributed by atoms with E-state index in [4.69, 9.17) is 16.3 Å². The second kappa shape index (κ2) is 12.1. The standard InChI is InChI=1S/C31H28ClF3N4O5S/c32-25-16-20(19-12-14-38(15-13-19)45(42,43)22-10-11-22)8-9-21(25)18-44-27-6-2-1-4-23(27)26-5-3-7-28(37-26)39-29(31(33,34)35)24(17-36-39)30(40)41/h1-9,16-17,19,22H,10-15,18H2,(H,40,41). The van der Waals surface area contributed by atoms with E-state index in [0.717, 1.165) is 36.8 Å². The van der Waals surface area contributed by atoms with E-state index < -0.39 is 33.4 Å². The minimum atomic E-state index is -4.98. The highest BCUT2D eigenvalue weighted by atomic mass is 35.5. The van der Waals surface area contributed by atoms with Gasteiger partial charge in [0.25, 0.3) is 0 Å². The molecule has 2 aromatic heterocycles. The summed E-state index contributed by atoms with van der Waals surface area (Å²) in [5.41, 5.74) is 0.137. The van der Waals surface area contributed by atoms with Crippen LogP contribution in [0.5, 0.6) is 5.75 Å². The van der Waals surface area contributed by atoms with E-state index in [-0.39, 0.29) is 23.6 Å². The highest BCUT2D eigenvalue weighted by Crippen LogP contribution is 2.37. The largest absolute Gasteiger partial charge is 0.488 e. The number of carbonyl (C=O) groups is 1. The summed E-state index contributed by atoms with van der Waals surface area (Å²) in [4.78, 5) is 15.8. The van der Waals surface area contributed by atoms with Crippen LogP contribution in [-0.2, 0) is 22.8 Å². The van der Waals surface area contributed by atoms with Crippen molar-refractivity contribution in [3.63, 3.8) is 0 Å². The van der Waals surface area contributed by atoms with Gasteiger partial charge in [0.15, 0.2) is 11.5 Å². The van der Waals surface area contributed by atoms with Crippen LogP contribution in [0.3, 0.4) is 0 Å². The van der Waals surface area contributed by atoms with Crippen LogP contribution in [0.1, 0.15) is 58.8 Å². The SMILES string of the molecule is O=C(O)c1cnn(-c2cccc(-c3ccccc3OCc3ccc(C4CCN(S(=O)(=O)C5CC5)CC4)cc3Cl)n2)c1C(F)(F)F. The molecule has 9 nitrogen and oxygen atoms in total. The van der Waals surface area contributed by atoms with Gasteiger partial charge in [0.05, 0.1) is 17.1 Å². The maximum Gasteiger partial charge on any atom is 0.434 e. The first-order valence-electron chi connectivity index (χ1n) is 14.3. The molecule has 2 aliphatic rings. The van der Waals surface area contributed by atoms with Crippen LogP contribution in [0.4, 0.5) is 13.2 Å². The Bertz CT molecular complexity index is 1850. The molecule has 0 atom stereocenters. The van der Waals surface area contributed by atoms with E-state index in [2.05, 4.69) is 10.1 Å². The number of benzene rings is 2. The summed E-state index contributed by atoms with van der Waals surface area (Å²) < 4.78 is 74.7. The average molecular weight is 661 g/mol. The van der Waals surface area contributed by atoms with Gasteiger partial charge in [0, 0.05) is 29.2 Å². The first kappa shape index (κ1) is 31.1. The molecule has 4 aromatic rings. The molecule has 0 bridgehead atoms. The number of nitrogens with zero attached hydrogens (tertiary/aromatic N) is 4. The van der Waals surface area contributed by atoms with E-state index >= 15 is 0 Å². The van der Waals surface area contributed by atoms with E-state index in [1.165, 1.54) is 12.1 Å². The quantitative estimate of drug-likeness (QED) is 0.216. The normalized spacial score (nSPS) is 16.5. The fourth-order valence-corrected chi connectivity index (χ4v) is 7.67. The summed E-state index contributed by atoms with van der Waals surface area (Å²) in [6, 6.07) is 17.0. The number of hydrogen-bond acceptors (Lipinski definition) is 6. The topological polar surface area (TPSA) is 115 Å². The number of halogens is 4. The minimum absolute atomic E-state index is 0.104. The van der Waals surface area contributed by atoms with Crippen LogP contribution < -0.4 is 4.74 Å². The third kappa shape index (κ3) is 6.42. The number of alkyl halides is 3. The number of pyridine rings is 1. The van der Waals surface area contributed by atoms with Crippen LogP contribution >= 0.6 is 11.6 Å². The highest BCUT2D eigenvalue weighted by molar-refractivity contribution is 7.90. The number of rotatable bonds is 9. The zero-order valence-electron chi connectivity index (χ0n) is 23.7. The number of aromatic carboxylic acids is 1. The van der Waals surface area contributed by atoms with Crippen molar-refractivity contribution in [1.82, 2.24) is 19.1 Å². The molecule has 2 fully saturated rings. The molecule has 1 aliphatic carbocycles. The van der Waals surface area contributed by atoms with Crippen LogP contribution in [0.15, 0.2) is 66.9 Å². The molecule has 0 spiro atoms. The summed E-state index contributed by atoms with van der Waals surface area (Å²) in [6.45, 7) is 1.10. The van der Waals surface area contributed by atoms with Crippen molar-refractivity contribution in [1.29, 1.82) is 0 Å². The lowest BCUT2D eigenvalue weighted by Crippen LogP contribution is -2.39. The molecule has 0 amide bonds. The van der Waals surface area contributed by atoms with Gasteiger partial charge < -0.3 is 9.84 Å². The lowest BCUT2D eigenvalue weighted by Gasteiger charge is -2.31. The van der Waals surface area contributed by atoms with Crippen LogP contribution in [-0.4, -0.2) is 56.9 Å². The summed E-state index contributed by atoms with van der Waals surface area (Å²) >= 11 is 6.65. The van der Waals surface area contributed by atoms with Crippen molar-refractivity contribution in [2.24, 2.45) is 0 Å². The van der Waals surface area contributed by atoms with Gasteiger partial charge >= 0.3 is 12.1 Å². The number of piperidine rings is 1. The molecular weight excluding hydrogens is 633 g/mol. The number of para-hydroxylation sites is 1. The lowest BCUT2D eigenvalue weighted by atomic mass is 9.90. The molecule has 0 unspecified atom stereocenters. The fourth-order valence-electron chi connectivity index (χ4n) is 5.56. The van der Waals surface area contributed by atoms with Gasteiger partial charge in [-0.2, -0.15) is 18.3 Å². The summed E-state index contributed by atoms with van der Waals surface area (Å²) in [7, 11) is -3.18. The van der Waals surface area contributed by atoms with Gasteiger partial charge in [-0.1, -0.05) is 41.9 Å². The van der Waals surface area contributed by atoms with Crippen molar-refractivity contribution >= 4 is 27.6 Å². The van der Waals surface area contributed by atoms with Crippen molar-refractivity contribution in [3.8, 4) is 22.8 Å². The molecule has 14 heteroatoms. The third-order valence-corrected chi connectivity index (χ3v) is 10.8. The first-order chi connectivity index (χ1) is 21.4. The van der Waals surface area contributed by atoms with E-state index in [1.807, 2.05) is 18.2 Å². The summed E-state index contributed by atoms with van der Waals surface area (Å²) in [5.74, 6) is -1.35.